The molecule has 0 aromatic heterocycles. The highest BCUT2D eigenvalue weighted by molar-refractivity contribution is 8.00. The van der Waals surface area contributed by atoms with E-state index in [4.69, 9.17) is 74.8 Å². The molecular formula is C33H45N3O19S2. The zero-order valence-electron chi connectivity index (χ0n) is 31.9. The lowest BCUT2D eigenvalue weighted by Crippen LogP contribution is -2.67. The molecule has 57 heavy (non-hydrogen) atoms. The highest BCUT2D eigenvalue weighted by atomic mass is 32.2. The van der Waals surface area contributed by atoms with Gasteiger partial charge in [0, 0.05) is 60.1 Å². The minimum Gasteiger partial charge on any atom is -0.463 e. The van der Waals surface area contributed by atoms with Gasteiger partial charge in [-0.25, -0.2) is 0 Å². The third kappa shape index (κ3) is 12.9. The number of carbonyl (C=O) groups is 7. The summed E-state index contributed by atoms with van der Waals surface area (Å²) in [6.07, 6.45) is -15.1. The number of fused-ring (bicyclic) bond motifs is 2. The van der Waals surface area contributed by atoms with Crippen LogP contribution >= 0.6 is 24.0 Å². The number of hydrogen-bond acceptors (Lipinski definition) is 22. The molecule has 4 aliphatic heterocycles. The number of nitrogens with zero attached hydrogens (tertiary/aromatic N) is 1. The molecule has 0 aromatic carbocycles. The molecule has 0 saturated carbocycles. The van der Waals surface area contributed by atoms with Crippen LogP contribution in [0.25, 0.3) is 0 Å². The summed E-state index contributed by atoms with van der Waals surface area (Å²) in [5.41, 5.74) is 7.29. The third-order valence-corrected chi connectivity index (χ3v) is 9.87. The van der Waals surface area contributed by atoms with Crippen molar-refractivity contribution in [2.45, 2.75) is 133 Å². The first-order chi connectivity index (χ1) is 26.8. The molecule has 4 rings (SSSR count). The lowest BCUT2D eigenvalue weighted by molar-refractivity contribution is -0.341. The van der Waals surface area contributed by atoms with E-state index in [1.807, 2.05) is 0 Å². The van der Waals surface area contributed by atoms with Crippen molar-refractivity contribution in [2.24, 2.45) is 10.8 Å². The Hall–Kier alpha value is -4.20. The van der Waals surface area contributed by atoms with Gasteiger partial charge in [-0.3, -0.25) is 39.0 Å². The molecule has 4 aliphatic rings. The Morgan fingerprint density at radius 2 is 1.18 bits per heavy atom. The largest absolute Gasteiger partial charge is 0.463 e. The van der Waals surface area contributed by atoms with Gasteiger partial charge in [0.25, 0.3) is 0 Å². The molecule has 22 nitrogen and oxygen atoms in total. The van der Waals surface area contributed by atoms with Crippen LogP contribution in [0.5, 0.6) is 0 Å². The molecule has 4 fully saturated rings. The molecule has 0 aliphatic carbocycles. The van der Waals surface area contributed by atoms with Crippen LogP contribution in [0.1, 0.15) is 54.9 Å². The number of carbonyl (C=O) groups excluding carboxylic acids is 7. The molecular weight excluding hydrogens is 806 g/mol. The maximum atomic E-state index is 12.8. The van der Waals surface area contributed by atoms with E-state index in [1.165, 1.54) is 0 Å². The van der Waals surface area contributed by atoms with E-state index in [9.17, 15) is 33.6 Å². The van der Waals surface area contributed by atoms with Gasteiger partial charge in [0.2, 0.25) is 0 Å². The molecule has 0 aromatic rings. The lowest BCUT2D eigenvalue weighted by Gasteiger charge is -2.49. The molecule has 4 saturated heterocycles. The number of ether oxygens (including phenoxy) is 12. The van der Waals surface area contributed by atoms with Gasteiger partial charge in [-0.05, 0) is 12.2 Å². The summed E-state index contributed by atoms with van der Waals surface area (Å²) in [5.74, 6) is -5.85. The molecule has 3 N–H and O–H groups in total. The summed E-state index contributed by atoms with van der Waals surface area (Å²) in [6.45, 7) is 6.59. The van der Waals surface area contributed by atoms with Crippen LogP contribution in [0.3, 0.4) is 0 Å². The van der Waals surface area contributed by atoms with Crippen LogP contribution in [-0.4, -0.2) is 151 Å². The quantitative estimate of drug-likeness (QED) is 0.0921. The number of hydrazone groups is 1. The Morgan fingerprint density at radius 1 is 0.684 bits per heavy atom. The van der Waals surface area contributed by atoms with Crippen LogP contribution in [0, 0.1) is 0 Å². The highest BCUT2D eigenvalue weighted by Crippen LogP contribution is 2.42. The van der Waals surface area contributed by atoms with E-state index in [0.29, 0.717) is 5.71 Å². The predicted octanol–water partition coefficient (Wildman–Crippen LogP) is -0.958. The van der Waals surface area contributed by atoms with Gasteiger partial charge in [-0.15, -0.1) is 11.8 Å². The predicted molar refractivity (Wildman–Crippen MR) is 191 cm³/mol. The van der Waals surface area contributed by atoms with E-state index in [1.54, 1.807) is 0 Å². The summed E-state index contributed by atoms with van der Waals surface area (Å²) in [7, 11) is 0. The summed E-state index contributed by atoms with van der Waals surface area (Å²) in [6, 6.07) is 0. The van der Waals surface area contributed by atoms with Gasteiger partial charge >= 0.3 is 41.8 Å². The first kappa shape index (κ1) is 45.5. The Bertz CT molecular complexity index is 1580. The summed E-state index contributed by atoms with van der Waals surface area (Å²) in [4.78, 5) is 86.6. The molecule has 0 amide bonds. The van der Waals surface area contributed by atoms with Gasteiger partial charge in [-0.1, -0.05) is 0 Å². The minimum absolute atomic E-state index is 0.0994. The zero-order chi connectivity index (χ0) is 42.1. The molecule has 0 spiro atoms. The van der Waals surface area contributed by atoms with Crippen molar-refractivity contribution in [3.63, 3.8) is 0 Å². The van der Waals surface area contributed by atoms with Gasteiger partial charge in [0.15, 0.2) is 48.2 Å². The second kappa shape index (κ2) is 20.5. The van der Waals surface area contributed by atoms with Gasteiger partial charge < -0.3 is 62.6 Å². The zero-order valence-corrected chi connectivity index (χ0v) is 33.6. The van der Waals surface area contributed by atoms with Crippen LogP contribution in [0.4, 0.5) is 0 Å². The van der Waals surface area contributed by atoms with E-state index < -0.39 is 133 Å². The van der Waals surface area contributed by atoms with Crippen LogP contribution < -0.4 is 11.2 Å². The Labute approximate surface area is 335 Å². The maximum Gasteiger partial charge on any atom is 0.303 e. The summed E-state index contributed by atoms with van der Waals surface area (Å²) >= 11 is 5.98. The molecule has 0 unspecified atom stereocenters. The van der Waals surface area contributed by atoms with E-state index in [2.05, 4.69) is 10.5 Å². The molecule has 24 heteroatoms. The van der Waals surface area contributed by atoms with Crippen molar-refractivity contribution in [1.29, 1.82) is 0 Å². The van der Waals surface area contributed by atoms with Gasteiger partial charge in [0.1, 0.15) is 37.0 Å². The third-order valence-electron chi connectivity index (χ3n) is 8.31. The standard InChI is InChI=1S/C33H45N3O19S2/c1-12(37)44-10-21-24(47-14(3)39)26(48-15(4)40)28(50-17(6)42)31(53-21)55-25-22(11-45-13(2)38)54-32(29(51-18(7)43)27(25)49-16(5)41)57-23-8-19(35-36-33(34)56)30-46-9-20(23)52-30/h20-32H,8-11H2,1-7H3,(H3,34,36,56)/b35-19-/t20-,21-,22-,23-,24-,25-,26+,27+,28-,29-,30-,31+,32+/m1/s1. The fourth-order valence-electron chi connectivity index (χ4n) is 6.34. The fourth-order valence-corrected chi connectivity index (χ4v) is 7.89. The number of nitrogens with one attached hydrogen (secondary N) is 1. The number of esters is 7. The number of thioether (sulfide) groups is 1. The SMILES string of the molecule is CC(=O)OC[C@H]1O[C@@H](S[C@@H]2C/C(=N/NC(N)=S)[C@@H]3OC[C@H]2O3)[C@H](OC(C)=O)[C@@H](OC(C)=O)[C@@H]1O[C@@H]1O[C@H](COC(C)=O)[C@@H](OC(C)=O)[C@H](OC(C)=O)[C@H]1OC(C)=O. The average Bonchev–Trinajstić information content (AvgIpc) is 3.52. The number of hydrogen-bond donors (Lipinski definition) is 2. The fraction of sp³-hybridized carbons (Fsp3) is 0.727. The molecule has 318 valence electrons. The van der Waals surface area contributed by atoms with Crippen molar-refractivity contribution in [2.75, 3.05) is 19.8 Å². The topological polar surface area (TPSA) is 281 Å². The smallest absolute Gasteiger partial charge is 0.303 e. The van der Waals surface area contributed by atoms with Crippen LogP contribution in [0.2, 0.25) is 0 Å². The van der Waals surface area contributed by atoms with Gasteiger partial charge in [-0.2, -0.15) is 5.10 Å². The highest BCUT2D eigenvalue weighted by Gasteiger charge is 2.58. The van der Waals surface area contributed by atoms with Crippen LogP contribution in [-0.2, 0) is 90.4 Å². The van der Waals surface area contributed by atoms with Crippen molar-refractivity contribution in [3.8, 4) is 0 Å². The summed E-state index contributed by atoms with van der Waals surface area (Å²) in [5, 5.41) is 3.61. The second-order valence-electron chi connectivity index (χ2n) is 13.0. The normalized spacial score (nSPS) is 33.9. The number of rotatable bonds is 14. The van der Waals surface area contributed by atoms with Crippen LogP contribution in [0.15, 0.2) is 5.10 Å². The Morgan fingerprint density at radius 3 is 1.70 bits per heavy atom. The van der Waals surface area contributed by atoms with Crippen molar-refractivity contribution in [1.82, 2.24) is 5.43 Å². The number of nitrogens with two attached hydrogens (primary N) is 1. The second-order valence-corrected chi connectivity index (χ2v) is 14.7. The summed E-state index contributed by atoms with van der Waals surface area (Å²) < 4.78 is 69.2. The van der Waals surface area contributed by atoms with E-state index >= 15 is 0 Å². The maximum absolute atomic E-state index is 12.8. The Balaban J connectivity index is 1.79. The van der Waals surface area contributed by atoms with Crippen molar-refractivity contribution < 1.29 is 90.4 Å². The van der Waals surface area contributed by atoms with E-state index in [-0.39, 0.29) is 18.1 Å². The number of thiocarbonyl (C=S) groups is 1. The van der Waals surface area contributed by atoms with Crippen molar-refractivity contribution in [3.05, 3.63) is 0 Å². The Kier molecular flexibility index (Phi) is 16.3. The molecule has 2 bridgehead atoms. The molecule has 4 heterocycles. The molecule has 13 atom stereocenters. The monoisotopic (exact) mass is 851 g/mol. The van der Waals surface area contributed by atoms with E-state index in [0.717, 1.165) is 60.2 Å². The van der Waals surface area contributed by atoms with Gasteiger partial charge in [0.05, 0.1) is 18.4 Å². The lowest BCUT2D eigenvalue weighted by atomic mass is 9.96. The molecule has 0 radical (unpaired) electrons. The van der Waals surface area contributed by atoms with Crippen molar-refractivity contribution >= 4 is 76.6 Å². The first-order valence-corrected chi connectivity index (χ1v) is 18.8. The average molecular weight is 852 g/mol. The first-order valence-electron chi connectivity index (χ1n) is 17.5. The minimum atomic E-state index is -1.81.